The molecule has 6 heteroatoms. The minimum atomic E-state index is 0.671. The van der Waals surface area contributed by atoms with E-state index in [0.29, 0.717) is 13.1 Å². The Kier molecular flexibility index (Phi) is 6.92. The van der Waals surface area contributed by atoms with Gasteiger partial charge in [-0.05, 0) is 39.8 Å². The van der Waals surface area contributed by atoms with Crippen LogP contribution < -0.4 is 0 Å². The van der Waals surface area contributed by atoms with Crippen molar-refractivity contribution >= 4 is 0 Å². The van der Waals surface area contributed by atoms with Gasteiger partial charge in [-0.3, -0.25) is 19.2 Å². The molecular weight excluding hydrogens is 348 g/mol. The topological polar surface area (TPSA) is 42.1 Å². The Morgan fingerprint density at radius 1 is 0.643 bits per heavy atom. The van der Waals surface area contributed by atoms with Crippen LogP contribution in [0.3, 0.4) is 0 Å². The fourth-order valence-corrected chi connectivity index (χ4v) is 3.37. The molecule has 0 radical (unpaired) electrons. The molecule has 0 unspecified atom stereocenters. The lowest BCUT2D eigenvalue weighted by molar-refractivity contribution is 0.157. The van der Waals surface area contributed by atoms with Gasteiger partial charge in [0.05, 0.1) is 24.5 Å². The van der Waals surface area contributed by atoms with Gasteiger partial charge in [0.2, 0.25) is 0 Å². The third-order valence-electron chi connectivity index (χ3n) is 4.98. The number of rotatable bonds is 4. The van der Waals surface area contributed by atoms with Gasteiger partial charge in [-0.15, -0.1) is 0 Å². The molecule has 0 N–H and O–H groups in total. The van der Waals surface area contributed by atoms with E-state index < -0.39 is 0 Å². The summed E-state index contributed by atoms with van der Waals surface area (Å²) in [5.74, 6) is 13.1. The summed E-state index contributed by atoms with van der Waals surface area (Å²) < 4.78 is 3.93. The molecule has 6 nitrogen and oxygen atoms in total. The van der Waals surface area contributed by atoms with E-state index in [9.17, 15) is 0 Å². The number of hydrogen-bond donors (Lipinski definition) is 0. The molecule has 1 aliphatic heterocycles. The lowest BCUT2D eigenvalue weighted by atomic mass is 10.3. The summed E-state index contributed by atoms with van der Waals surface area (Å²) in [5, 5.41) is 8.88. The van der Waals surface area contributed by atoms with Gasteiger partial charge < -0.3 is 0 Å². The fourth-order valence-electron chi connectivity index (χ4n) is 3.37. The first-order valence-corrected chi connectivity index (χ1v) is 9.89. The van der Waals surface area contributed by atoms with Gasteiger partial charge in [-0.1, -0.05) is 23.7 Å². The first-order valence-electron chi connectivity index (χ1n) is 9.89. The number of hydrogen-bond acceptors (Lipinski definition) is 4. The molecule has 0 spiro atoms. The van der Waals surface area contributed by atoms with E-state index in [0.717, 1.165) is 50.7 Å². The van der Waals surface area contributed by atoms with E-state index in [4.69, 9.17) is 0 Å². The molecule has 3 heterocycles. The molecule has 1 fully saturated rings. The highest BCUT2D eigenvalue weighted by molar-refractivity contribution is 5.11. The first kappa shape index (κ1) is 20.2. The van der Waals surface area contributed by atoms with Crippen molar-refractivity contribution in [2.45, 2.75) is 40.8 Å². The normalized spacial score (nSPS) is 15.0. The summed E-state index contributed by atoms with van der Waals surface area (Å²) in [7, 11) is 0. The Hall–Kier alpha value is -2.54. The highest BCUT2D eigenvalue weighted by Crippen LogP contribution is 2.02. The van der Waals surface area contributed by atoms with Gasteiger partial charge in [-0.25, -0.2) is 0 Å². The maximum absolute atomic E-state index is 4.44. The van der Waals surface area contributed by atoms with Crippen LogP contribution in [0.4, 0.5) is 0 Å². The van der Waals surface area contributed by atoms with E-state index in [-0.39, 0.29) is 0 Å². The minimum absolute atomic E-state index is 0.671. The second-order valence-corrected chi connectivity index (χ2v) is 7.43. The number of aromatic nitrogens is 4. The van der Waals surface area contributed by atoms with Gasteiger partial charge in [0.25, 0.3) is 0 Å². The zero-order valence-corrected chi connectivity index (χ0v) is 17.5. The third-order valence-corrected chi connectivity index (χ3v) is 4.98. The van der Waals surface area contributed by atoms with Crippen molar-refractivity contribution in [3.8, 4) is 23.7 Å². The van der Waals surface area contributed by atoms with Crippen LogP contribution in [0.1, 0.15) is 22.8 Å². The SMILES string of the molecule is Cc1cc(C)n(CC#CCN2CCN(CC#CCn3nc(C)cc3C)CC2)n1. The highest BCUT2D eigenvalue weighted by Gasteiger charge is 2.14. The van der Waals surface area contributed by atoms with Crippen molar-refractivity contribution < 1.29 is 0 Å². The number of nitrogens with zero attached hydrogens (tertiary/aromatic N) is 6. The molecule has 0 amide bonds. The van der Waals surface area contributed by atoms with Crippen LogP contribution in [0.5, 0.6) is 0 Å². The smallest absolute Gasteiger partial charge is 0.102 e. The summed E-state index contributed by atoms with van der Waals surface area (Å²) in [6, 6.07) is 4.17. The zero-order valence-electron chi connectivity index (χ0n) is 17.5. The van der Waals surface area contributed by atoms with Gasteiger partial charge in [0, 0.05) is 37.6 Å². The van der Waals surface area contributed by atoms with E-state index in [1.54, 1.807) is 0 Å². The molecule has 1 aliphatic rings. The van der Waals surface area contributed by atoms with Crippen LogP contribution in [-0.4, -0.2) is 68.6 Å². The monoisotopic (exact) mass is 378 g/mol. The number of aryl methyl sites for hydroxylation is 4. The predicted octanol–water partition coefficient (Wildman–Crippen LogP) is 1.64. The second kappa shape index (κ2) is 9.59. The van der Waals surface area contributed by atoms with E-state index in [2.05, 4.69) is 69.7 Å². The van der Waals surface area contributed by atoms with Crippen molar-refractivity contribution in [1.29, 1.82) is 0 Å². The predicted molar refractivity (Wildman–Crippen MR) is 112 cm³/mol. The van der Waals surface area contributed by atoms with Crippen LogP contribution in [0.25, 0.3) is 0 Å². The second-order valence-electron chi connectivity index (χ2n) is 7.43. The summed E-state index contributed by atoms with van der Waals surface area (Å²) in [6.07, 6.45) is 0. The Balaban J connectivity index is 1.35. The van der Waals surface area contributed by atoms with Crippen LogP contribution >= 0.6 is 0 Å². The summed E-state index contributed by atoms with van der Waals surface area (Å²) in [5.41, 5.74) is 4.43. The van der Waals surface area contributed by atoms with E-state index in [1.165, 1.54) is 11.4 Å². The largest absolute Gasteiger partial charge is 0.290 e. The lowest BCUT2D eigenvalue weighted by Crippen LogP contribution is -2.46. The summed E-state index contributed by atoms with van der Waals surface area (Å²) in [6.45, 7) is 15.4. The molecule has 2 aromatic rings. The highest BCUT2D eigenvalue weighted by atomic mass is 15.3. The fraction of sp³-hybridized carbons (Fsp3) is 0.545. The third kappa shape index (κ3) is 5.73. The standard InChI is InChI=1S/C22H30N6/c1-19-17-21(3)27(23-19)11-7-5-9-25-13-15-26(16-14-25)10-6-8-12-28-22(4)18-20(2)24-28/h17-18H,9-16H2,1-4H3. The van der Waals surface area contributed by atoms with Crippen molar-refractivity contribution in [1.82, 2.24) is 29.4 Å². The molecule has 2 aromatic heterocycles. The van der Waals surface area contributed by atoms with Gasteiger partial charge in [0.15, 0.2) is 0 Å². The van der Waals surface area contributed by atoms with E-state index in [1.807, 2.05) is 23.2 Å². The lowest BCUT2D eigenvalue weighted by Gasteiger charge is -2.32. The first-order chi connectivity index (χ1) is 13.5. The average Bonchev–Trinajstić information content (AvgIpc) is 3.16. The Labute approximate surface area is 168 Å². The molecule has 0 atom stereocenters. The molecule has 0 bridgehead atoms. The minimum Gasteiger partial charge on any atom is -0.290 e. The van der Waals surface area contributed by atoms with Crippen LogP contribution in [0, 0.1) is 51.4 Å². The molecular formula is C22H30N6. The van der Waals surface area contributed by atoms with E-state index >= 15 is 0 Å². The molecule has 0 aromatic carbocycles. The van der Waals surface area contributed by atoms with Crippen molar-refractivity contribution in [2.24, 2.45) is 0 Å². The van der Waals surface area contributed by atoms with Gasteiger partial charge in [0.1, 0.15) is 13.1 Å². The van der Waals surface area contributed by atoms with Gasteiger partial charge >= 0.3 is 0 Å². The quantitative estimate of drug-likeness (QED) is 0.759. The summed E-state index contributed by atoms with van der Waals surface area (Å²) >= 11 is 0. The van der Waals surface area contributed by atoms with Gasteiger partial charge in [-0.2, -0.15) is 10.2 Å². The van der Waals surface area contributed by atoms with Crippen LogP contribution in [0.15, 0.2) is 12.1 Å². The molecule has 0 aliphatic carbocycles. The van der Waals surface area contributed by atoms with Crippen molar-refractivity contribution in [3.05, 3.63) is 34.9 Å². The molecule has 148 valence electrons. The summed E-state index contributed by atoms with van der Waals surface area (Å²) in [4.78, 5) is 4.82. The van der Waals surface area contributed by atoms with Crippen molar-refractivity contribution in [2.75, 3.05) is 39.3 Å². The Bertz CT molecular complexity index is 830. The molecule has 3 rings (SSSR count). The van der Waals surface area contributed by atoms with Crippen LogP contribution in [0.2, 0.25) is 0 Å². The molecule has 0 saturated carbocycles. The molecule has 1 saturated heterocycles. The maximum atomic E-state index is 4.44. The zero-order chi connectivity index (χ0) is 19.9. The van der Waals surface area contributed by atoms with Crippen LogP contribution in [-0.2, 0) is 13.1 Å². The maximum Gasteiger partial charge on any atom is 0.102 e. The average molecular weight is 379 g/mol. The molecule has 28 heavy (non-hydrogen) atoms. The Morgan fingerprint density at radius 2 is 1.00 bits per heavy atom. The van der Waals surface area contributed by atoms with Crippen molar-refractivity contribution in [3.63, 3.8) is 0 Å². The Morgan fingerprint density at radius 3 is 1.32 bits per heavy atom. The number of piperazine rings is 1.